The standard InChI is InChI=1S/C15H13ClN4O4/c1-9-12(16)6-3-7-13(9)17-15(22)19-18-14(21)10-4-2-5-11(8-10)20(23)24/h2-8H,1H3,(H,18,21)(H2,17,19,22). The maximum absolute atomic E-state index is 11.9. The number of amides is 3. The number of nitrogens with zero attached hydrogens (tertiary/aromatic N) is 1. The number of hydrogen-bond donors (Lipinski definition) is 3. The minimum Gasteiger partial charge on any atom is -0.306 e. The van der Waals surface area contributed by atoms with Gasteiger partial charge in [0.1, 0.15) is 0 Å². The molecule has 0 aromatic heterocycles. The van der Waals surface area contributed by atoms with Gasteiger partial charge in [-0.25, -0.2) is 10.2 Å². The molecule has 3 amide bonds. The lowest BCUT2D eigenvalue weighted by molar-refractivity contribution is -0.384. The maximum Gasteiger partial charge on any atom is 0.337 e. The highest BCUT2D eigenvalue weighted by Gasteiger charge is 2.12. The Balaban J connectivity index is 1.96. The van der Waals surface area contributed by atoms with Gasteiger partial charge in [-0.3, -0.25) is 20.3 Å². The fourth-order valence-electron chi connectivity index (χ4n) is 1.84. The first-order chi connectivity index (χ1) is 11.4. The van der Waals surface area contributed by atoms with Crippen molar-refractivity contribution in [3.63, 3.8) is 0 Å². The molecule has 2 rings (SSSR count). The number of hydrogen-bond acceptors (Lipinski definition) is 4. The second-order valence-corrected chi connectivity index (χ2v) is 5.16. The van der Waals surface area contributed by atoms with Crippen molar-refractivity contribution in [1.29, 1.82) is 0 Å². The van der Waals surface area contributed by atoms with Crippen LogP contribution < -0.4 is 16.2 Å². The van der Waals surface area contributed by atoms with Crippen molar-refractivity contribution < 1.29 is 14.5 Å². The first kappa shape index (κ1) is 17.2. The highest BCUT2D eigenvalue weighted by molar-refractivity contribution is 6.31. The number of nitro groups is 1. The monoisotopic (exact) mass is 348 g/mol. The minimum atomic E-state index is -0.684. The third kappa shape index (κ3) is 4.20. The quantitative estimate of drug-likeness (QED) is 0.584. The molecule has 0 fully saturated rings. The van der Waals surface area contributed by atoms with E-state index in [1.807, 2.05) is 0 Å². The molecule has 0 unspecified atom stereocenters. The lowest BCUT2D eigenvalue weighted by Crippen LogP contribution is -2.44. The van der Waals surface area contributed by atoms with E-state index in [4.69, 9.17) is 11.6 Å². The number of carbonyl (C=O) groups is 2. The van der Waals surface area contributed by atoms with E-state index in [0.717, 1.165) is 6.07 Å². The molecule has 24 heavy (non-hydrogen) atoms. The van der Waals surface area contributed by atoms with E-state index in [1.165, 1.54) is 18.2 Å². The van der Waals surface area contributed by atoms with Crippen molar-refractivity contribution in [2.75, 3.05) is 5.32 Å². The Labute approximate surface area is 141 Å². The van der Waals surface area contributed by atoms with E-state index in [-0.39, 0.29) is 11.3 Å². The number of rotatable bonds is 3. The topological polar surface area (TPSA) is 113 Å². The van der Waals surface area contributed by atoms with Gasteiger partial charge in [-0.2, -0.15) is 0 Å². The molecule has 0 radical (unpaired) electrons. The second-order valence-electron chi connectivity index (χ2n) is 4.75. The molecule has 0 saturated heterocycles. The van der Waals surface area contributed by atoms with Gasteiger partial charge in [-0.05, 0) is 30.7 Å². The van der Waals surface area contributed by atoms with Crippen LogP contribution in [0.3, 0.4) is 0 Å². The van der Waals surface area contributed by atoms with Gasteiger partial charge >= 0.3 is 6.03 Å². The summed E-state index contributed by atoms with van der Waals surface area (Å²) in [5.74, 6) is -0.684. The van der Waals surface area contributed by atoms with Gasteiger partial charge in [0.15, 0.2) is 0 Å². The summed E-state index contributed by atoms with van der Waals surface area (Å²) in [7, 11) is 0. The zero-order valence-corrected chi connectivity index (χ0v) is 13.3. The molecule has 0 spiro atoms. The smallest absolute Gasteiger partial charge is 0.306 e. The molecule has 0 aliphatic heterocycles. The Bertz CT molecular complexity index is 810. The van der Waals surface area contributed by atoms with E-state index in [1.54, 1.807) is 25.1 Å². The van der Waals surface area contributed by atoms with Gasteiger partial charge in [-0.1, -0.05) is 23.7 Å². The summed E-state index contributed by atoms with van der Waals surface area (Å²) in [5.41, 5.74) is 5.32. The van der Waals surface area contributed by atoms with E-state index >= 15 is 0 Å². The van der Waals surface area contributed by atoms with Crippen LogP contribution in [0.4, 0.5) is 16.2 Å². The molecular weight excluding hydrogens is 336 g/mol. The van der Waals surface area contributed by atoms with Crippen LogP contribution in [0.2, 0.25) is 5.02 Å². The molecule has 0 saturated carbocycles. The van der Waals surface area contributed by atoms with Crippen LogP contribution in [-0.4, -0.2) is 16.9 Å². The van der Waals surface area contributed by atoms with E-state index in [2.05, 4.69) is 16.2 Å². The van der Waals surface area contributed by atoms with Crippen LogP contribution in [0.25, 0.3) is 0 Å². The third-order valence-corrected chi connectivity index (χ3v) is 3.53. The summed E-state index contributed by atoms with van der Waals surface area (Å²) in [6, 6.07) is 9.47. The molecule has 3 N–H and O–H groups in total. The Kier molecular flexibility index (Phi) is 5.33. The van der Waals surface area contributed by atoms with Crippen molar-refractivity contribution in [2.45, 2.75) is 6.92 Å². The number of benzene rings is 2. The average Bonchev–Trinajstić information content (AvgIpc) is 2.57. The summed E-state index contributed by atoms with van der Waals surface area (Å²) in [6.07, 6.45) is 0. The molecule has 8 nitrogen and oxygen atoms in total. The maximum atomic E-state index is 11.9. The van der Waals surface area contributed by atoms with Crippen LogP contribution in [0.15, 0.2) is 42.5 Å². The number of hydrazine groups is 1. The second kappa shape index (κ2) is 7.42. The molecule has 2 aromatic carbocycles. The van der Waals surface area contributed by atoms with E-state index in [0.29, 0.717) is 16.3 Å². The Morgan fingerprint density at radius 1 is 1.12 bits per heavy atom. The van der Waals surface area contributed by atoms with Crippen LogP contribution in [-0.2, 0) is 0 Å². The largest absolute Gasteiger partial charge is 0.337 e. The SMILES string of the molecule is Cc1c(Cl)cccc1NC(=O)NNC(=O)c1cccc([N+](=O)[O-])c1. The zero-order valence-electron chi connectivity index (χ0n) is 12.5. The average molecular weight is 349 g/mol. The van der Waals surface area contributed by atoms with Gasteiger partial charge in [0.25, 0.3) is 11.6 Å². The molecule has 0 atom stereocenters. The van der Waals surface area contributed by atoms with Gasteiger partial charge in [-0.15, -0.1) is 0 Å². The van der Waals surface area contributed by atoms with Crippen molar-refractivity contribution in [3.8, 4) is 0 Å². The summed E-state index contributed by atoms with van der Waals surface area (Å²) < 4.78 is 0. The number of carbonyl (C=O) groups excluding carboxylic acids is 2. The van der Waals surface area contributed by atoms with E-state index < -0.39 is 16.9 Å². The highest BCUT2D eigenvalue weighted by atomic mass is 35.5. The lowest BCUT2D eigenvalue weighted by Gasteiger charge is -2.11. The predicted octanol–water partition coefficient (Wildman–Crippen LogP) is 3.02. The van der Waals surface area contributed by atoms with Crippen molar-refractivity contribution in [2.24, 2.45) is 0 Å². The number of urea groups is 1. The summed E-state index contributed by atoms with van der Waals surface area (Å²) in [5, 5.41) is 13.7. The van der Waals surface area contributed by atoms with Gasteiger partial charge in [0, 0.05) is 28.4 Å². The van der Waals surface area contributed by atoms with Gasteiger partial charge < -0.3 is 5.32 Å². The number of halogens is 1. The van der Waals surface area contributed by atoms with Gasteiger partial charge in [0.2, 0.25) is 0 Å². The molecule has 0 aliphatic rings. The highest BCUT2D eigenvalue weighted by Crippen LogP contribution is 2.22. The third-order valence-electron chi connectivity index (χ3n) is 3.12. The number of anilines is 1. The number of non-ortho nitro benzene ring substituents is 1. The predicted molar refractivity (Wildman–Crippen MR) is 88.9 cm³/mol. The Morgan fingerprint density at radius 2 is 1.83 bits per heavy atom. The normalized spacial score (nSPS) is 9.92. The van der Waals surface area contributed by atoms with Crippen LogP contribution in [0, 0.1) is 17.0 Å². The van der Waals surface area contributed by atoms with Crippen molar-refractivity contribution in [1.82, 2.24) is 10.9 Å². The van der Waals surface area contributed by atoms with Crippen LogP contribution in [0.1, 0.15) is 15.9 Å². The molecule has 0 aliphatic carbocycles. The number of nitrogens with one attached hydrogen (secondary N) is 3. The molecule has 9 heteroatoms. The Morgan fingerprint density at radius 3 is 2.54 bits per heavy atom. The molecule has 0 heterocycles. The summed E-state index contributed by atoms with van der Waals surface area (Å²) in [4.78, 5) is 33.8. The molecule has 2 aromatic rings. The van der Waals surface area contributed by atoms with Crippen molar-refractivity contribution >= 4 is 34.9 Å². The lowest BCUT2D eigenvalue weighted by atomic mass is 10.2. The zero-order chi connectivity index (χ0) is 17.7. The molecular formula is C15H13ClN4O4. The summed E-state index contributed by atoms with van der Waals surface area (Å²) >= 11 is 5.95. The fourth-order valence-corrected chi connectivity index (χ4v) is 2.02. The summed E-state index contributed by atoms with van der Waals surface area (Å²) in [6.45, 7) is 1.74. The minimum absolute atomic E-state index is 0.0448. The Hall–Kier alpha value is -3.13. The van der Waals surface area contributed by atoms with Gasteiger partial charge in [0.05, 0.1) is 4.92 Å². The molecule has 0 bridgehead atoms. The number of nitro benzene ring substituents is 1. The molecule has 124 valence electrons. The van der Waals surface area contributed by atoms with Crippen LogP contribution in [0.5, 0.6) is 0 Å². The first-order valence-corrected chi connectivity index (χ1v) is 7.13. The van der Waals surface area contributed by atoms with E-state index in [9.17, 15) is 19.7 Å². The van der Waals surface area contributed by atoms with Crippen molar-refractivity contribution in [3.05, 3.63) is 68.7 Å². The van der Waals surface area contributed by atoms with Crippen LogP contribution >= 0.6 is 11.6 Å². The first-order valence-electron chi connectivity index (χ1n) is 6.75. The fraction of sp³-hybridized carbons (Fsp3) is 0.0667.